The standard InChI is InChI=1S/C14H13NO2S/c1-10-6-2-3-7-11(10)14-12-8-4-5-9-13(12)18(16,17)15-14/h2-9,14-15H,1H3/t14-/m0/s1. The van der Waals surface area contributed by atoms with Gasteiger partial charge >= 0.3 is 0 Å². The molecule has 1 atom stereocenters. The maximum atomic E-state index is 12.0. The number of aryl methyl sites for hydroxylation is 1. The Bertz CT molecular complexity index is 707. The minimum absolute atomic E-state index is 0.271. The van der Waals surface area contributed by atoms with E-state index >= 15 is 0 Å². The molecule has 4 heteroatoms. The summed E-state index contributed by atoms with van der Waals surface area (Å²) in [5.74, 6) is 0. The SMILES string of the molecule is Cc1ccccc1[C@@H]1NS(=O)(=O)c2ccccc21. The Hall–Kier alpha value is -1.65. The lowest BCUT2D eigenvalue weighted by molar-refractivity contribution is 0.585. The van der Waals surface area contributed by atoms with Crippen LogP contribution in [0.1, 0.15) is 22.7 Å². The number of hydrogen-bond acceptors (Lipinski definition) is 2. The first-order chi connectivity index (χ1) is 8.59. The van der Waals surface area contributed by atoms with Gasteiger partial charge in [0.25, 0.3) is 0 Å². The summed E-state index contributed by atoms with van der Waals surface area (Å²) < 4.78 is 26.8. The Balaban J connectivity index is 2.21. The van der Waals surface area contributed by atoms with E-state index in [1.54, 1.807) is 12.1 Å². The fraction of sp³-hybridized carbons (Fsp3) is 0.143. The zero-order valence-electron chi connectivity index (χ0n) is 9.92. The summed E-state index contributed by atoms with van der Waals surface area (Å²) in [5, 5.41) is 0. The van der Waals surface area contributed by atoms with E-state index < -0.39 is 10.0 Å². The third-order valence-electron chi connectivity index (χ3n) is 3.29. The summed E-state index contributed by atoms with van der Waals surface area (Å²) in [6.07, 6.45) is 0. The molecule has 1 N–H and O–H groups in total. The number of nitrogens with one attached hydrogen (secondary N) is 1. The van der Waals surface area contributed by atoms with Gasteiger partial charge in [-0.3, -0.25) is 0 Å². The minimum Gasteiger partial charge on any atom is -0.207 e. The maximum absolute atomic E-state index is 12.0. The van der Waals surface area contributed by atoms with Crippen molar-refractivity contribution in [2.45, 2.75) is 17.9 Å². The normalized spacial score (nSPS) is 20.6. The van der Waals surface area contributed by atoms with E-state index in [1.165, 1.54) is 0 Å². The van der Waals surface area contributed by atoms with E-state index in [2.05, 4.69) is 4.72 Å². The summed E-state index contributed by atoms with van der Waals surface area (Å²) >= 11 is 0. The lowest BCUT2D eigenvalue weighted by Crippen LogP contribution is -2.21. The summed E-state index contributed by atoms with van der Waals surface area (Å²) in [6, 6.07) is 14.7. The van der Waals surface area contributed by atoms with Crippen molar-refractivity contribution in [2.24, 2.45) is 0 Å². The fourth-order valence-electron chi connectivity index (χ4n) is 2.39. The van der Waals surface area contributed by atoms with Crippen LogP contribution in [0.5, 0.6) is 0 Å². The minimum atomic E-state index is -3.37. The molecule has 0 amide bonds. The number of fused-ring (bicyclic) bond motifs is 1. The zero-order valence-corrected chi connectivity index (χ0v) is 10.7. The van der Waals surface area contributed by atoms with Crippen molar-refractivity contribution in [3.63, 3.8) is 0 Å². The molecule has 1 heterocycles. The first kappa shape index (κ1) is 11.4. The second-order valence-electron chi connectivity index (χ2n) is 4.45. The van der Waals surface area contributed by atoms with E-state index in [0.29, 0.717) is 4.90 Å². The van der Waals surface area contributed by atoms with Crippen molar-refractivity contribution in [2.75, 3.05) is 0 Å². The van der Waals surface area contributed by atoms with Crippen molar-refractivity contribution in [3.8, 4) is 0 Å². The quantitative estimate of drug-likeness (QED) is 0.854. The highest BCUT2D eigenvalue weighted by molar-refractivity contribution is 7.89. The number of sulfonamides is 1. The molecule has 3 rings (SSSR count). The fourth-order valence-corrected chi connectivity index (χ4v) is 3.83. The zero-order chi connectivity index (χ0) is 12.8. The Morgan fingerprint density at radius 3 is 2.28 bits per heavy atom. The number of rotatable bonds is 1. The van der Waals surface area contributed by atoms with Crippen LogP contribution in [0.15, 0.2) is 53.4 Å². The molecular weight excluding hydrogens is 246 g/mol. The lowest BCUT2D eigenvalue weighted by Gasteiger charge is -2.13. The molecular formula is C14H13NO2S. The maximum Gasteiger partial charge on any atom is 0.241 e. The van der Waals surface area contributed by atoms with E-state index in [1.807, 2.05) is 43.3 Å². The monoisotopic (exact) mass is 259 g/mol. The van der Waals surface area contributed by atoms with Crippen LogP contribution >= 0.6 is 0 Å². The molecule has 0 fully saturated rings. The van der Waals surface area contributed by atoms with Gasteiger partial charge in [-0.15, -0.1) is 0 Å². The molecule has 2 aromatic rings. The van der Waals surface area contributed by atoms with Crippen LogP contribution in [0, 0.1) is 6.92 Å². The molecule has 18 heavy (non-hydrogen) atoms. The van der Waals surface area contributed by atoms with Crippen molar-refractivity contribution in [3.05, 3.63) is 65.2 Å². The molecule has 0 saturated heterocycles. The van der Waals surface area contributed by atoms with Crippen molar-refractivity contribution >= 4 is 10.0 Å². The molecule has 1 aliphatic rings. The largest absolute Gasteiger partial charge is 0.241 e. The summed E-state index contributed by atoms with van der Waals surface area (Å²) in [4.78, 5) is 0.387. The Morgan fingerprint density at radius 1 is 0.944 bits per heavy atom. The first-order valence-corrected chi connectivity index (χ1v) is 7.25. The third-order valence-corrected chi connectivity index (χ3v) is 4.79. The highest BCUT2D eigenvalue weighted by Crippen LogP contribution is 2.35. The molecule has 3 nitrogen and oxygen atoms in total. The van der Waals surface area contributed by atoms with Gasteiger partial charge in [-0.2, -0.15) is 4.72 Å². The number of hydrogen-bond donors (Lipinski definition) is 1. The van der Waals surface area contributed by atoms with Gasteiger partial charge in [-0.05, 0) is 29.7 Å². The van der Waals surface area contributed by atoms with Crippen LogP contribution < -0.4 is 4.72 Å². The van der Waals surface area contributed by atoms with Crippen molar-refractivity contribution in [1.29, 1.82) is 0 Å². The van der Waals surface area contributed by atoms with Gasteiger partial charge in [0.1, 0.15) is 0 Å². The predicted octanol–water partition coefficient (Wildman–Crippen LogP) is 2.38. The van der Waals surface area contributed by atoms with E-state index in [0.717, 1.165) is 16.7 Å². The van der Waals surface area contributed by atoms with Crippen LogP contribution in [0.25, 0.3) is 0 Å². The summed E-state index contributed by atoms with van der Waals surface area (Å²) in [7, 11) is -3.37. The second-order valence-corrected chi connectivity index (χ2v) is 6.13. The summed E-state index contributed by atoms with van der Waals surface area (Å²) in [5.41, 5.74) is 2.92. The van der Waals surface area contributed by atoms with Crippen LogP contribution in [0.4, 0.5) is 0 Å². The van der Waals surface area contributed by atoms with Crippen molar-refractivity contribution < 1.29 is 8.42 Å². The van der Waals surface area contributed by atoms with Crippen LogP contribution in [-0.2, 0) is 10.0 Å². The first-order valence-electron chi connectivity index (χ1n) is 5.76. The second kappa shape index (κ2) is 3.93. The molecule has 0 bridgehead atoms. The molecule has 0 saturated carbocycles. The molecule has 0 unspecified atom stereocenters. The van der Waals surface area contributed by atoms with Gasteiger partial charge < -0.3 is 0 Å². The van der Waals surface area contributed by atoms with Gasteiger partial charge in [-0.1, -0.05) is 42.5 Å². The third kappa shape index (κ3) is 1.65. The molecule has 0 aromatic heterocycles. The number of benzene rings is 2. The van der Waals surface area contributed by atoms with Gasteiger partial charge in [0.05, 0.1) is 10.9 Å². The Labute approximate surface area is 107 Å². The molecule has 92 valence electrons. The molecule has 0 radical (unpaired) electrons. The van der Waals surface area contributed by atoms with Gasteiger partial charge in [0.2, 0.25) is 10.0 Å². The van der Waals surface area contributed by atoms with Gasteiger partial charge in [-0.25, -0.2) is 8.42 Å². The highest BCUT2D eigenvalue weighted by atomic mass is 32.2. The molecule has 0 spiro atoms. The lowest BCUT2D eigenvalue weighted by atomic mass is 9.96. The highest BCUT2D eigenvalue weighted by Gasteiger charge is 2.34. The van der Waals surface area contributed by atoms with E-state index in [-0.39, 0.29) is 6.04 Å². The van der Waals surface area contributed by atoms with E-state index in [9.17, 15) is 8.42 Å². The van der Waals surface area contributed by atoms with Crippen LogP contribution in [0.2, 0.25) is 0 Å². The van der Waals surface area contributed by atoms with Gasteiger partial charge in [0, 0.05) is 0 Å². The predicted molar refractivity (Wildman–Crippen MR) is 69.8 cm³/mol. The van der Waals surface area contributed by atoms with Crippen LogP contribution in [0.3, 0.4) is 0 Å². The van der Waals surface area contributed by atoms with E-state index in [4.69, 9.17) is 0 Å². The Kier molecular flexibility index (Phi) is 2.50. The topological polar surface area (TPSA) is 46.2 Å². The van der Waals surface area contributed by atoms with Crippen LogP contribution in [-0.4, -0.2) is 8.42 Å². The van der Waals surface area contributed by atoms with Gasteiger partial charge in [0.15, 0.2) is 0 Å². The Morgan fingerprint density at radius 2 is 1.56 bits per heavy atom. The average Bonchev–Trinajstić information content (AvgIpc) is 2.63. The smallest absolute Gasteiger partial charge is 0.207 e. The van der Waals surface area contributed by atoms with Crippen molar-refractivity contribution in [1.82, 2.24) is 4.72 Å². The summed E-state index contributed by atoms with van der Waals surface area (Å²) in [6.45, 7) is 1.99. The molecule has 0 aliphatic carbocycles. The molecule has 2 aromatic carbocycles. The molecule has 1 aliphatic heterocycles. The average molecular weight is 259 g/mol.